The molecule has 326 valence electrons. The lowest BCUT2D eigenvalue weighted by Crippen LogP contribution is -2.29. The number of rotatable bonds is 4. The van der Waals surface area contributed by atoms with Gasteiger partial charge in [-0.3, -0.25) is 0 Å². The lowest BCUT2D eigenvalue weighted by Gasteiger charge is -2.36. The molecule has 0 saturated carbocycles. The van der Waals surface area contributed by atoms with Crippen LogP contribution >= 0.6 is 0 Å². The van der Waals surface area contributed by atoms with E-state index >= 15 is 0 Å². The molecule has 2 heterocycles. The molecule has 12 aromatic rings. The normalized spacial score (nSPS) is 14.5. The van der Waals surface area contributed by atoms with E-state index in [2.05, 4.69) is 248 Å². The van der Waals surface area contributed by atoms with Crippen LogP contribution in [0.15, 0.2) is 253 Å². The third kappa shape index (κ3) is 5.40. The van der Waals surface area contributed by atoms with Crippen molar-refractivity contribution in [3.05, 3.63) is 271 Å². The van der Waals surface area contributed by atoms with Crippen LogP contribution in [0.2, 0.25) is 0 Å². The van der Waals surface area contributed by atoms with Crippen LogP contribution in [0, 0.1) is 0 Å². The van der Waals surface area contributed by atoms with E-state index in [1.54, 1.807) is 0 Å². The van der Waals surface area contributed by atoms with Gasteiger partial charge in [-0.15, -0.1) is 0 Å². The third-order valence-corrected chi connectivity index (χ3v) is 15.1. The van der Waals surface area contributed by atoms with Crippen molar-refractivity contribution < 1.29 is 9.15 Å². The Kier molecular flexibility index (Phi) is 8.28. The first-order chi connectivity index (χ1) is 34.7. The predicted molar refractivity (Wildman–Crippen MR) is 287 cm³/mol. The number of furan rings is 1. The van der Waals surface area contributed by atoms with Gasteiger partial charge in [-0.25, -0.2) is 0 Å². The number of hydrogen-bond donors (Lipinski definition) is 0. The van der Waals surface area contributed by atoms with Crippen molar-refractivity contribution in [3.8, 4) is 78.3 Å². The molecule has 70 heavy (non-hydrogen) atoms. The lowest BCUT2D eigenvalue weighted by molar-refractivity contribution is 0.488. The van der Waals surface area contributed by atoms with Crippen LogP contribution in [-0.4, -0.2) is 0 Å². The quantitative estimate of drug-likeness (QED) is 0.176. The minimum atomic E-state index is -0.739. The van der Waals surface area contributed by atoms with Gasteiger partial charge in [-0.2, -0.15) is 0 Å². The average Bonchev–Trinajstić information content (AvgIpc) is 3.87. The Balaban J connectivity index is 1.06. The van der Waals surface area contributed by atoms with Crippen LogP contribution in [0.25, 0.3) is 88.7 Å². The first kappa shape index (κ1) is 38.9. The van der Waals surface area contributed by atoms with E-state index < -0.39 is 5.41 Å². The molecule has 1 aromatic heterocycles. The Morgan fingerprint density at radius 1 is 0.314 bits per heavy atom. The molecule has 11 aromatic carbocycles. The molecule has 0 saturated heterocycles. The van der Waals surface area contributed by atoms with Gasteiger partial charge in [0.1, 0.15) is 22.7 Å². The van der Waals surface area contributed by atoms with E-state index in [9.17, 15) is 0 Å². The molecular weight excluding hydrogens is 851 g/mol. The molecule has 0 fully saturated rings. The van der Waals surface area contributed by atoms with Gasteiger partial charge in [0.2, 0.25) is 0 Å². The largest absolute Gasteiger partial charge is 0.456 e. The second-order valence-corrected chi connectivity index (χ2v) is 18.6. The minimum absolute atomic E-state index is 0.739. The molecule has 3 heteroatoms. The maximum absolute atomic E-state index is 6.97. The molecule has 1 spiro atoms. The average molecular weight is 892 g/mol. The summed E-state index contributed by atoms with van der Waals surface area (Å²) < 4.78 is 13.8. The van der Waals surface area contributed by atoms with Gasteiger partial charge in [0.05, 0.1) is 11.1 Å². The zero-order valence-electron chi connectivity index (χ0n) is 37.9. The van der Waals surface area contributed by atoms with Gasteiger partial charge in [0.25, 0.3) is 0 Å². The van der Waals surface area contributed by atoms with E-state index in [1.165, 1.54) is 50.1 Å². The van der Waals surface area contributed by atoms with Crippen molar-refractivity contribution >= 4 is 39.0 Å². The Morgan fingerprint density at radius 3 is 1.64 bits per heavy atom. The first-order valence-electron chi connectivity index (χ1n) is 24.1. The van der Waals surface area contributed by atoms with Gasteiger partial charge in [0, 0.05) is 44.4 Å². The summed E-state index contributed by atoms with van der Waals surface area (Å²) in [5, 5.41) is 2.25. The molecular formula is C67H41NO2. The van der Waals surface area contributed by atoms with Crippen molar-refractivity contribution in [2.24, 2.45) is 0 Å². The highest BCUT2D eigenvalue weighted by Gasteiger charge is 2.51. The second-order valence-electron chi connectivity index (χ2n) is 18.6. The molecule has 0 radical (unpaired) electrons. The lowest BCUT2D eigenvalue weighted by atomic mass is 9.65. The molecule has 2 aliphatic carbocycles. The van der Waals surface area contributed by atoms with E-state index in [-0.39, 0.29) is 0 Å². The maximum Gasteiger partial charge on any atom is 0.143 e. The monoisotopic (exact) mass is 891 g/mol. The van der Waals surface area contributed by atoms with Gasteiger partial charge >= 0.3 is 0 Å². The van der Waals surface area contributed by atoms with Gasteiger partial charge in [-0.05, 0) is 115 Å². The summed E-state index contributed by atoms with van der Waals surface area (Å²) in [5.74, 6) is 1.67. The Labute approximate surface area is 405 Å². The highest BCUT2D eigenvalue weighted by atomic mass is 16.5. The zero-order valence-corrected chi connectivity index (χ0v) is 37.9. The maximum atomic E-state index is 6.97. The van der Waals surface area contributed by atoms with Crippen LogP contribution in [0.3, 0.4) is 0 Å². The summed E-state index contributed by atoms with van der Waals surface area (Å²) in [5.41, 5.74) is 23.0. The van der Waals surface area contributed by atoms with E-state index in [1.807, 2.05) is 6.07 Å². The molecule has 1 unspecified atom stereocenters. The predicted octanol–water partition coefficient (Wildman–Crippen LogP) is 18.2. The number of fused-ring (bicyclic) bond motifs is 21. The van der Waals surface area contributed by atoms with Gasteiger partial charge < -0.3 is 14.1 Å². The van der Waals surface area contributed by atoms with Crippen molar-refractivity contribution in [2.75, 3.05) is 4.90 Å². The van der Waals surface area contributed by atoms with Gasteiger partial charge in [-0.1, -0.05) is 200 Å². The fourth-order valence-corrected chi connectivity index (χ4v) is 12.2. The van der Waals surface area contributed by atoms with Crippen molar-refractivity contribution in [1.82, 2.24) is 0 Å². The number of benzene rings is 11. The molecule has 3 aliphatic rings. The van der Waals surface area contributed by atoms with Gasteiger partial charge in [0.15, 0.2) is 0 Å². The summed E-state index contributed by atoms with van der Waals surface area (Å²) in [6.07, 6.45) is 0. The molecule has 15 rings (SSSR count). The highest BCUT2D eigenvalue weighted by Crippen LogP contribution is 2.64. The summed E-state index contributed by atoms with van der Waals surface area (Å²) in [6.45, 7) is 0. The molecule has 0 amide bonds. The number of anilines is 3. The van der Waals surface area contributed by atoms with E-state index in [0.29, 0.717) is 0 Å². The first-order valence-corrected chi connectivity index (χ1v) is 24.1. The molecule has 0 bridgehead atoms. The summed E-state index contributed by atoms with van der Waals surface area (Å²) >= 11 is 0. The fourth-order valence-electron chi connectivity index (χ4n) is 12.2. The number of ether oxygens (including phenoxy) is 1. The zero-order chi connectivity index (χ0) is 45.9. The number of hydrogen-bond acceptors (Lipinski definition) is 3. The van der Waals surface area contributed by atoms with Crippen LogP contribution in [-0.2, 0) is 5.41 Å². The highest BCUT2D eigenvalue weighted by molar-refractivity contribution is 6.13. The van der Waals surface area contributed by atoms with Crippen LogP contribution in [0.5, 0.6) is 11.5 Å². The van der Waals surface area contributed by atoms with E-state index in [0.717, 1.165) is 89.4 Å². The van der Waals surface area contributed by atoms with E-state index in [4.69, 9.17) is 9.15 Å². The molecule has 1 atom stereocenters. The van der Waals surface area contributed by atoms with Crippen LogP contribution in [0.1, 0.15) is 22.3 Å². The second kappa shape index (κ2) is 14.9. The Bertz CT molecular complexity index is 4130. The third-order valence-electron chi connectivity index (χ3n) is 15.1. The number of para-hydroxylation sites is 3. The number of nitrogens with zero attached hydrogens (tertiary/aromatic N) is 1. The van der Waals surface area contributed by atoms with Crippen LogP contribution in [0.4, 0.5) is 17.1 Å². The smallest absolute Gasteiger partial charge is 0.143 e. The molecule has 3 nitrogen and oxygen atoms in total. The topological polar surface area (TPSA) is 25.6 Å². The Morgan fingerprint density at radius 2 is 0.857 bits per heavy atom. The standard InChI is InChI=1S/C67H41NO2/c1-2-18-42(19-3-1)45-20-10-15-31-61(45)68(43-35-39-64-56(40-43)49-24-7-6-23-48(49)52-26-11-16-32-62(52)69-64)44-34-36-51-47-22-5-4-21-46(47)50-25-8-13-29-57(50)67(60(51)41-44)58-30-14-9-28-55(58)65-59(67)38-37-54-53-27-12-17-33-63(53)70-66(54)65/h1-41H. The Hall–Kier alpha value is -9.18. The van der Waals surface area contributed by atoms with Crippen molar-refractivity contribution in [3.63, 3.8) is 0 Å². The van der Waals surface area contributed by atoms with Crippen LogP contribution < -0.4 is 9.64 Å². The van der Waals surface area contributed by atoms with Crippen molar-refractivity contribution in [1.29, 1.82) is 0 Å². The minimum Gasteiger partial charge on any atom is -0.456 e. The SMILES string of the molecule is c1ccc(-c2ccccc2N(c2ccc3c(c2)-c2ccccc2-c2ccccc2O3)c2ccc3c(c2)C2(c4ccccc4-c4ccccc4-3)c3ccccc3-c3c2ccc2c3oc3ccccc32)cc1. The molecule has 1 aliphatic heterocycles. The summed E-state index contributed by atoms with van der Waals surface area (Å²) in [6, 6.07) is 90.8. The molecule has 0 N–H and O–H groups in total. The summed E-state index contributed by atoms with van der Waals surface area (Å²) in [7, 11) is 0. The van der Waals surface area contributed by atoms with Crippen molar-refractivity contribution in [2.45, 2.75) is 5.41 Å². The fraction of sp³-hybridized carbons (Fsp3) is 0.0149. The summed E-state index contributed by atoms with van der Waals surface area (Å²) in [4.78, 5) is 2.46.